The molecule has 4 heterocycles. The van der Waals surface area contributed by atoms with E-state index in [9.17, 15) is 24.6 Å². The number of allylic oxidation sites excluding steroid dienone is 2. The highest BCUT2D eigenvalue weighted by atomic mass is 16.7. The molecule has 4 aliphatic rings. The number of hydrogen-bond acceptors (Lipinski definition) is 10. The first-order chi connectivity index (χ1) is 31.9. The molecule has 2 fully saturated rings. The lowest BCUT2D eigenvalue weighted by Gasteiger charge is -2.42. The second-order valence-electron chi connectivity index (χ2n) is 18.8. The fourth-order valence-electron chi connectivity index (χ4n) is 9.11. The molecule has 0 saturated carbocycles. The zero-order valence-corrected chi connectivity index (χ0v) is 38.6. The number of likely N-dealkylation sites (tertiary alicyclic amines) is 1. The molecule has 0 spiro atoms. The van der Waals surface area contributed by atoms with Crippen molar-refractivity contribution in [3.05, 3.63) is 143 Å². The quantitative estimate of drug-likeness (QED) is 0.0893. The Hall–Kier alpha value is -5.86. The molecule has 3 amide bonds. The molecule has 66 heavy (non-hydrogen) atoms. The van der Waals surface area contributed by atoms with E-state index in [0.29, 0.717) is 32.5 Å². The van der Waals surface area contributed by atoms with Gasteiger partial charge in [-0.25, -0.2) is 0 Å². The number of β-amino-alcohol motifs (C(OH)–C–C–N with tert-alkyl or cyclic N) is 1. The summed E-state index contributed by atoms with van der Waals surface area (Å²) < 4.78 is 10.6. The van der Waals surface area contributed by atoms with E-state index in [4.69, 9.17) is 9.47 Å². The lowest BCUT2D eigenvalue weighted by Crippen LogP contribution is -2.61. The van der Waals surface area contributed by atoms with Crippen LogP contribution >= 0.6 is 0 Å². The highest BCUT2D eigenvalue weighted by Crippen LogP contribution is 2.34. The Bertz CT molecular complexity index is 2280. The van der Waals surface area contributed by atoms with Crippen molar-refractivity contribution in [3.8, 4) is 11.5 Å². The summed E-state index contributed by atoms with van der Waals surface area (Å²) >= 11 is 0. The minimum Gasteiger partial charge on any atom is -0.454 e. The average molecular weight is 899 g/mol. The number of amides is 3. The van der Waals surface area contributed by atoms with E-state index in [1.165, 1.54) is 6.42 Å². The van der Waals surface area contributed by atoms with Crippen molar-refractivity contribution in [1.82, 2.24) is 30.3 Å². The van der Waals surface area contributed by atoms with Crippen molar-refractivity contribution in [2.75, 3.05) is 46.1 Å². The summed E-state index contributed by atoms with van der Waals surface area (Å²) in [5.74, 6) is 0.870. The molecule has 8 rings (SSSR count). The summed E-state index contributed by atoms with van der Waals surface area (Å²) in [4.78, 5) is 49.7. The number of piperazine rings is 1. The molecule has 2 saturated heterocycles. The van der Waals surface area contributed by atoms with Gasteiger partial charge in [0.15, 0.2) is 11.5 Å². The van der Waals surface area contributed by atoms with Crippen LogP contribution in [0.2, 0.25) is 0 Å². The van der Waals surface area contributed by atoms with E-state index < -0.39 is 35.7 Å². The number of aromatic nitrogens is 1. The number of fused-ring (bicyclic) bond motifs is 2. The third-order valence-electron chi connectivity index (χ3n) is 12.4. The number of ether oxygens (including phenoxy) is 2. The van der Waals surface area contributed by atoms with Crippen molar-refractivity contribution >= 4 is 23.8 Å². The van der Waals surface area contributed by atoms with Gasteiger partial charge in [0.1, 0.15) is 6.04 Å². The summed E-state index contributed by atoms with van der Waals surface area (Å²) in [7, 11) is 0. The maximum Gasteiger partial charge on any atom is 0.246 e. The number of nitrogens with one attached hydrogen (secondary N) is 2. The Morgan fingerprint density at radius 1 is 0.879 bits per heavy atom. The van der Waals surface area contributed by atoms with Crippen LogP contribution in [0.4, 0.5) is 0 Å². The molecule has 4 aromatic rings. The molecule has 5 atom stereocenters. The van der Waals surface area contributed by atoms with Crippen LogP contribution in [0.3, 0.4) is 0 Å². The van der Waals surface area contributed by atoms with Crippen molar-refractivity contribution in [3.63, 3.8) is 0 Å². The van der Waals surface area contributed by atoms with Gasteiger partial charge in [0, 0.05) is 82.2 Å². The Kier molecular flexibility index (Phi) is 16.8. The topological polar surface area (TPSA) is 157 Å². The van der Waals surface area contributed by atoms with E-state index in [0.717, 1.165) is 71.8 Å². The van der Waals surface area contributed by atoms with E-state index in [-0.39, 0.29) is 37.5 Å². The summed E-state index contributed by atoms with van der Waals surface area (Å²) in [6, 6.07) is 26.4. The number of hydrogen-bond donors (Lipinski definition) is 4. The SMILES string of the molecule is CC(C)(C)NC(=O)[C@@H]1CN(Cc2cccnc2)CCN1C[C@@H](O)C[C@H](Cc1ccccc1)C(=O)N[C@H]1c2ccccc2C[C@H]1O.O=C(/C=C/C=C/c1ccc2c(c1)OCO2)N1CCCCC1. The molecule has 3 aliphatic heterocycles. The van der Waals surface area contributed by atoms with Crippen molar-refractivity contribution < 1.29 is 34.1 Å². The molecular weight excluding hydrogens is 833 g/mol. The molecule has 1 aliphatic carbocycles. The highest BCUT2D eigenvalue weighted by Gasteiger charge is 2.37. The predicted octanol–water partition coefficient (Wildman–Crippen LogP) is 5.86. The van der Waals surface area contributed by atoms with Gasteiger partial charge in [0.05, 0.1) is 18.2 Å². The highest BCUT2D eigenvalue weighted by molar-refractivity contribution is 5.88. The first-order valence-corrected chi connectivity index (χ1v) is 23.4. The molecule has 13 nitrogen and oxygen atoms in total. The number of rotatable bonds is 14. The van der Waals surface area contributed by atoms with Gasteiger partial charge in [-0.3, -0.25) is 29.2 Å². The smallest absolute Gasteiger partial charge is 0.246 e. The summed E-state index contributed by atoms with van der Waals surface area (Å²) in [5.41, 5.74) is 4.70. The monoisotopic (exact) mass is 898 g/mol. The molecule has 1 aromatic heterocycles. The van der Waals surface area contributed by atoms with Crippen LogP contribution < -0.4 is 20.1 Å². The van der Waals surface area contributed by atoms with Gasteiger partial charge in [0.25, 0.3) is 0 Å². The Balaban J connectivity index is 0.000000256. The fourth-order valence-corrected chi connectivity index (χ4v) is 9.11. The normalized spacial score (nSPS) is 20.6. The minimum atomic E-state index is -0.833. The van der Waals surface area contributed by atoms with Crippen LogP contribution in [0, 0.1) is 5.92 Å². The Labute approximate surface area is 389 Å². The van der Waals surface area contributed by atoms with E-state index >= 15 is 0 Å². The number of carbonyl (C=O) groups excluding carboxylic acids is 3. The van der Waals surface area contributed by atoms with Gasteiger partial charge in [-0.2, -0.15) is 0 Å². The molecule has 3 aromatic carbocycles. The minimum absolute atomic E-state index is 0.0712. The first kappa shape index (κ1) is 48.1. The van der Waals surface area contributed by atoms with Gasteiger partial charge < -0.3 is 35.2 Å². The van der Waals surface area contributed by atoms with E-state index in [1.807, 2.05) is 129 Å². The number of piperidine rings is 1. The Morgan fingerprint density at radius 3 is 2.41 bits per heavy atom. The zero-order valence-electron chi connectivity index (χ0n) is 38.6. The van der Waals surface area contributed by atoms with Crippen LogP contribution in [0.25, 0.3) is 6.08 Å². The standard InChI is InChI=1S/C36H47N5O4.C17H19NO3/c1-36(2,3)39-35(45)31-24-40(22-26-12-9-15-37-21-26)16-17-41(31)23-29(42)19-28(18-25-10-5-4-6-11-25)34(44)38-33-30-14-8-7-13-27(30)20-32(33)43;19-17(18-10-4-1-5-11-18)7-3-2-6-14-8-9-15-16(12-14)21-13-20-15/h4-15,21,28-29,31-33,42-43H,16-20,22-24H2,1-3H3,(H,38,44)(H,39,45);2-3,6-9,12H,1,4-5,10-11,13H2/b;6-2+,7-3+/t28-,29-,31-,32+,33-;/m0./s1. The van der Waals surface area contributed by atoms with Gasteiger partial charge in [0.2, 0.25) is 24.5 Å². The van der Waals surface area contributed by atoms with Gasteiger partial charge >= 0.3 is 0 Å². The molecule has 0 bridgehead atoms. The summed E-state index contributed by atoms with van der Waals surface area (Å²) in [6.07, 6.45) is 14.0. The summed E-state index contributed by atoms with van der Waals surface area (Å²) in [5, 5.41) is 28.5. The van der Waals surface area contributed by atoms with Crippen LogP contribution in [0.5, 0.6) is 11.5 Å². The lowest BCUT2D eigenvalue weighted by atomic mass is 9.91. The number of carbonyl (C=O) groups is 3. The Morgan fingerprint density at radius 2 is 1.64 bits per heavy atom. The van der Waals surface area contributed by atoms with Crippen LogP contribution in [-0.4, -0.2) is 117 Å². The number of aliphatic hydroxyl groups excluding tert-OH is 2. The zero-order chi connectivity index (χ0) is 46.5. The van der Waals surface area contributed by atoms with Crippen molar-refractivity contribution in [1.29, 1.82) is 0 Å². The molecule has 13 heteroatoms. The van der Waals surface area contributed by atoms with Crippen LogP contribution in [0.15, 0.2) is 116 Å². The van der Waals surface area contributed by atoms with Crippen molar-refractivity contribution in [2.24, 2.45) is 5.92 Å². The molecule has 350 valence electrons. The van der Waals surface area contributed by atoms with Crippen LogP contribution in [0.1, 0.15) is 80.3 Å². The van der Waals surface area contributed by atoms with E-state index in [2.05, 4.69) is 25.4 Å². The first-order valence-electron chi connectivity index (χ1n) is 23.4. The molecular formula is C53H66N6O7. The van der Waals surface area contributed by atoms with Crippen LogP contribution in [-0.2, 0) is 33.8 Å². The second-order valence-corrected chi connectivity index (χ2v) is 18.8. The maximum absolute atomic E-state index is 13.8. The van der Waals surface area contributed by atoms with Gasteiger partial charge in [-0.05, 0) is 98.9 Å². The molecule has 0 radical (unpaired) electrons. The van der Waals surface area contributed by atoms with Gasteiger partial charge in [-0.1, -0.05) is 85.0 Å². The molecule has 4 N–H and O–H groups in total. The summed E-state index contributed by atoms with van der Waals surface area (Å²) in [6.45, 7) is 10.8. The van der Waals surface area contributed by atoms with Crippen molar-refractivity contribution in [2.45, 2.75) is 95.7 Å². The number of nitrogens with zero attached hydrogens (tertiary/aromatic N) is 4. The number of aliphatic hydroxyl groups is 2. The van der Waals surface area contributed by atoms with E-state index in [1.54, 1.807) is 18.3 Å². The third kappa shape index (κ3) is 13.8. The predicted molar refractivity (Wildman–Crippen MR) is 255 cm³/mol. The third-order valence-corrected chi connectivity index (χ3v) is 12.4. The number of pyridine rings is 1. The number of benzene rings is 3. The second kappa shape index (κ2) is 23.0. The lowest BCUT2D eigenvalue weighted by molar-refractivity contribution is -0.132. The van der Waals surface area contributed by atoms with Gasteiger partial charge in [-0.15, -0.1) is 0 Å². The largest absolute Gasteiger partial charge is 0.454 e. The fraction of sp³-hybridized carbons (Fsp3) is 0.434. The maximum atomic E-state index is 13.8. The average Bonchev–Trinajstić information content (AvgIpc) is 3.91. The molecule has 0 unspecified atom stereocenters.